The van der Waals surface area contributed by atoms with E-state index in [9.17, 15) is 0 Å². The van der Waals surface area contributed by atoms with E-state index < -0.39 is 5.60 Å². The van der Waals surface area contributed by atoms with Crippen LogP contribution >= 0.6 is 11.6 Å². The highest BCUT2D eigenvalue weighted by Gasteiger charge is 2.36. The molecule has 1 aromatic carbocycles. The molecule has 0 bridgehead atoms. The van der Waals surface area contributed by atoms with Crippen LogP contribution in [0.3, 0.4) is 0 Å². The third-order valence-corrected chi connectivity index (χ3v) is 3.90. The predicted molar refractivity (Wildman–Crippen MR) is 76.6 cm³/mol. The van der Waals surface area contributed by atoms with Gasteiger partial charge >= 0.3 is 0 Å². The van der Waals surface area contributed by atoms with Gasteiger partial charge in [0.05, 0.1) is 5.60 Å². The molecular formula is C15H18ClNO. The van der Waals surface area contributed by atoms with E-state index >= 15 is 0 Å². The van der Waals surface area contributed by atoms with Crippen LogP contribution in [-0.4, -0.2) is 7.11 Å². The summed E-state index contributed by atoms with van der Waals surface area (Å²) in [6.45, 7) is 2.06. The second-order valence-electron chi connectivity index (χ2n) is 4.70. The smallest absolute Gasteiger partial charge is 0.0985 e. The number of hydrogen-bond donors (Lipinski definition) is 1. The van der Waals surface area contributed by atoms with Gasteiger partial charge in [-0.05, 0) is 31.5 Å². The van der Waals surface area contributed by atoms with Crippen LogP contribution in [0.25, 0.3) is 0 Å². The zero-order valence-electron chi connectivity index (χ0n) is 10.7. The van der Waals surface area contributed by atoms with Gasteiger partial charge in [0.15, 0.2) is 0 Å². The maximum absolute atomic E-state index is 6.08. The summed E-state index contributed by atoms with van der Waals surface area (Å²) >= 11 is 6.08. The van der Waals surface area contributed by atoms with Crippen LogP contribution in [0.2, 0.25) is 5.02 Å². The number of allylic oxidation sites excluding steroid dienone is 3. The molecule has 0 heterocycles. The third kappa shape index (κ3) is 2.31. The highest BCUT2D eigenvalue weighted by atomic mass is 35.5. The van der Waals surface area contributed by atoms with E-state index in [1.807, 2.05) is 24.3 Å². The molecule has 1 aliphatic rings. The average molecular weight is 264 g/mol. The SMILES string of the molecule is COC(C)(c1cc(Cl)ccc1N)C1C=CC=CC1. The fourth-order valence-electron chi connectivity index (χ4n) is 2.41. The van der Waals surface area contributed by atoms with Crippen molar-refractivity contribution in [1.82, 2.24) is 0 Å². The van der Waals surface area contributed by atoms with Gasteiger partial charge in [-0.2, -0.15) is 0 Å². The molecule has 0 spiro atoms. The molecule has 2 rings (SSSR count). The number of nitrogen functional groups attached to an aromatic ring is 1. The van der Waals surface area contributed by atoms with Gasteiger partial charge in [-0.25, -0.2) is 0 Å². The predicted octanol–water partition coefficient (Wildman–Crippen LogP) is 3.92. The van der Waals surface area contributed by atoms with Crippen molar-refractivity contribution in [2.75, 3.05) is 12.8 Å². The quantitative estimate of drug-likeness (QED) is 0.839. The molecule has 0 saturated heterocycles. The fourth-order valence-corrected chi connectivity index (χ4v) is 2.58. The van der Waals surface area contributed by atoms with Crippen molar-refractivity contribution in [2.45, 2.75) is 18.9 Å². The molecular weight excluding hydrogens is 246 g/mol. The molecule has 0 amide bonds. The molecule has 0 aromatic heterocycles. The van der Waals surface area contributed by atoms with Gasteiger partial charge in [-0.15, -0.1) is 0 Å². The molecule has 96 valence electrons. The van der Waals surface area contributed by atoms with Crippen LogP contribution in [0, 0.1) is 5.92 Å². The third-order valence-electron chi connectivity index (χ3n) is 3.66. The van der Waals surface area contributed by atoms with Gasteiger partial charge in [0.1, 0.15) is 0 Å². The maximum Gasteiger partial charge on any atom is 0.0985 e. The molecule has 2 atom stereocenters. The first-order valence-electron chi connectivity index (χ1n) is 6.02. The Labute approximate surface area is 113 Å². The summed E-state index contributed by atoms with van der Waals surface area (Å²) < 4.78 is 5.78. The van der Waals surface area contributed by atoms with E-state index in [0.29, 0.717) is 10.7 Å². The van der Waals surface area contributed by atoms with Gasteiger partial charge in [-0.3, -0.25) is 0 Å². The first kappa shape index (κ1) is 13.2. The number of halogens is 1. The van der Waals surface area contributed by atoms with Crippen molar-refractivity contribution in [2.24, 2.45) is 5.92 Å². The van der Waals surface area contributed by atoms with Crippen molar-refractivity contribution in [3.63, 3.8) is 0 Å². The lowest BCUT2D eigenvalue weighted by Gasteiger charge is -2.36. The van der Waals surface area contributed by atoms with E-state index in [2.05, 4.69) is 19.1 Å². The molecule has 1 aliphatic carbocycles. The molecule has 3 heteroatoms. The summed E-state index contributed by atoms with van der Waals surface area (Å²) in [5.74, 6) is 0.258. The number of benzene rings is 1. The first-order valence-corrected chi connectivity index (χ1v) is 6.39. The summed E-state index contributed by atoms with van der Waals surface area (Å²) in [4.78, 5) is 0. The van der Waals surface area contributed by atoms with Gasteiger partial charge < -0.3 is 10.5 Å². The number of nitrogens with two attached hydrogens (primary N) is 1. The highest BCUT2D eigenvalue weighted by molar-refractivity contribution is 6.30. The second-order valence-corrected chi connectivity index (χ2v) is 5.13. The summed E-state index contributed by atoms with van der Waals surface area (Å²) in [5.41, 5.74) is 7.28. The maximum atomic E-state index is 6.08. The van der Waals surface area contributed by atoms with Crippen LogP contribution in [0.1, 0.15) is 18.9 Å². The van der Waals surface area contributed by atoms with Crippen LogP contribution in [0.15, 0.2) is 42.5 Å². The van der Waals surface area contributed by atoms with Crippen LogP contribution in [0.5, 0.6) is 0 Å². The molecule has 0 fully saturated rings. The van der Waals surface area contributed by atoms with Crippen molar-refractivity contribution in [1.29, 1.82) is 0 Å². The molecule has 2 N–H and O–H groups in total. The zero-order valence-corrected chi connectivity index (χ0v) is 11.4. The Morgan fingerprint density at radius 3 is 2.78 bits per heavy atom. The summed E-state index contributed by atoms with van der Waals surface area (Å²) in [7, 11) is 1.71. The molecule has 2 nitrogen and oxygen atoms in total. The summed E-state index contributed by atoms with van der Waals surface area (Å²) in [6, 6.07) is 5.52. The fraction of sp³-hybridized carbons (Fsp3) is 0.333. The monoisotopic (exact) mass is 263 g/mol. The largest absolute Gasteiger partial charge is 0.398 e. The van der Waals surface area contributed by atoms with E-state index in [4.69, 9.17) is 22.1 Å². The number of hydrogen-bond acceptors (Lipinski definition) is 2. The molecule has 18 heavy (non-hydrogen) atoms. The van der Waals surface area contributed by atoms with Crippen molar-refractivity contribution in [3.8, 4) is 0 Å². The van der Waals surface area contributed by atoms with E-state index in [-0.39, 0.29) is 5.92 Å². The number of ether oxygens (including phenoxy) is 1. The average Bonchev–Trinajstić information content (AvgIpc) is 2.41. The van der Waals surface area contributed by atoms with Gasteiger partial charge in [0.25, 0.3) is 0 Å². The lowest BCUT2D eigenvalue weighted by molar-refractivity contribution is -0.0324. The Balaban J connectivity index is 2.45. The number of anilines is 1. The molecule has 2 unspecified atom stereocenters. The highest BCUT2D eigenvalue weighted by Crippen LogP contribution is 2.40. The number of rotatable bonds is 3. The lowest BCUT2D eigenvalue weighted by Crippen LogP contribution is -2.34. The Hall–Kier alpha value is -1.25. The van der Waals surface area contributed by atoms with Crippen LogP contribution < -0.4 is 5.73 Å². The minimum atomic E-state index is -0.462. The van der Waals surface area contributed by atoms with E-state index in [1.165, 1.54) is 0 Å². The number of methoxy groups -OCH3 is 1. The Morgan fingerprint density at radius 1 is 1.39 bits per heavy atom. The van der Waals surface area contributed by atoms with Gasteiger partial charge in [-0.1, -0.05) is 35.9 Å². The zero-order chi connectivity index (χ0) is 13.2. The van der Waals surface area contributed by atoms with E-state index in [1.54, 1.807) is 13.2 Å². The second kappa shape index (κ2) is 5.17. The molecule has 0 radical (unpaired) electrons. The Kier molecular flexibility index (Phi) is 3.79. The topological polar surface area (TPSA) is 35.2 Å². The first-order chi connectivity index (χ1) is 8.58. The Morgan fingerprint density at radius 2 is 2.17 bits per heavy atom. The summed E-state index contributed by atoms with van der Waals surface area (Å²) in [5, 5.41) is 0.679. The van der Waals surface area contributed by atoms with Crippen molar-refractivity contribution >= 4 is 17.3 Å². The minimum absolute atomic E-state index is 0.258. The van der Waals surface area contributed by atoms with Crippen molar-refractivity contribution < 1.29 is 4.74 Å². The molecule has 0 aliphatic heterocycles. The van der Waals surface area contributed by atoms with Crippen LogP contribution in [0.4, 0.5) is 5.69 Å². The minimum Gasteiger partial charge on any atom is -0.398 e. The Bertz CT molecular complexity index is 495. The standard InChI is InChI=1S/C15H18ClNO/c1-15(18-2,11-6-4-3-5-7-11)13-10-12(16)8-9-14(13)17/h3-6,8-11H,7,17H2,1-2H3. The van der Waals surface area contributed by atoms with E-state index in [0.717, 1.165) is 12.0 Å². The lowest BCUT2D eigenvalue weighted by atomic mass is 9.78. The summed E-state index contributed by atoms with van der Waals surface area (Å²) in [6.07, 6.45) is 9.33. The normalized spacial score (nSPS) is 21.8. The van der Waals surface area contributed by atoms with Gasteiger partial charge in [0.2, 0.25) is 0 Å². The molecule has 0 saturated carbocycles. The van der Waals surface area contributed by atoms with Crippen molar-refractivity contribution in [3.05, 3.63) is 53.1 Å². The molecule has 1 aromatic rings. The van der Waals surface area contributed by atoms with Crippen LogP contribution in [-0.2, 0) is 10.3 Å². The van der Waals surface area contributed by atoms with Gasteiger partial charge in [0, 0.05) is 29.3 Å².